The largest absolute Gasteiger partial charge is 0.416 e. The first-order valence-electron chi connectivity index (χ1n) is 9.01. The van der Waals surface area contributed by atoms with Crippen molar-refractivity contribution in [3.8, 4) is 11.5 Å². The van der Waals surface area contributed by atoms with E-state index in [2.05, 4.69) is 50.6 Å². The maximum atomic E-state index is 12.6. The molecule has 0 saturated heterocycles. The first-order valence-corrected chi connectivity index (χ1v) is 12.0. The lowest BCUT2D eigenvalue weighted by molar-refractivity contribution is -0.137. The lowest BCUT2D eigenvalue weighted by atomic mass is 10.1. The number of aliphatic hydroxyl groups excluding tert-OH is 1. The number of nitrogens with one attached hydrogen (secondary N) is 1. The fourth-order valence-corrected chi connectivity index (χ4v) is 2.96. The smallest absolute Gasteiger partial charge is 0.378 e. The average molecular weight is 429 g/mol. The van der Waals surface area contributed by atoms with Crippen LogP contribution in [0.4, 0.5) is 13.2 Å². The maximum Gasteiger partial charge on any atom is 0.416 e. The topological polar surface area (TPSA) is 92.4 Å². The molecule has 2 amide bonds. The number of primary amides is 1. The second-order valence-corrected chi connectivity index (χ2v) is 13.4. The number of hydrogen-bond acceptors (Lipinski definition) is 3. The maximum absolute atomic E-state index is 12.6. The van der Waals surface area contributed by atoms with Gasteiger partial charge in [0.25, 0.3) is 5.91 Å². The van der Waals surface area contributed by atoms with E-state index in [1.54, 1.807) is 0 Å². The third kappa shape index (κ3) is 6.90. The zero-order valence-corrected chi connectivity index (χ0v) is 18.1. The van der Waals surface area contributed by atoms with E-state index in [0.717, 1.165) is 24.3 Å². The zero-order valence-electron chi connectivity index (χ0n) is 17.1. The van der Waals surface area contributed by atoms with Gasteiger partial charge in [-0.25, -0.2) is 0 Å². The van der Waals surface area contributed by atoms with E-state index < -0.39 is 43.8 Å². The van der Waals surface area contributed by atoms with Crippen molar-refractivity contribution in [3.05, 3.63) is 35.4 Å². The highest BCUT2D eigenvalue weighted by Crippen LogP contribution is 2.35. The quantitative estimate of drug-likeness (QED) is 0.497. The van der Waals surface area contributed by atoms with Crippen LogP contribution in [0.25, 0.3) is 0 Å². The number of hydrogen-bond donors (Lipinski definition) is 3. The molecule has 0 bridgehead atoms. The molecule has 2 atom stereocenters. The Labute approximate surface area is 169 Å². The number of amides is 2. The number of benzene rings is 1. The number of halogens is 3. The summed E-state index contributed by atoms with van der Waals surface area (Å²) in [6.07, 6.45) is -6.29. The molecule has 1 rings (SSSR count). The summed E-state index contributed by atoms with van der Waals surface area (Å²) in [5.41, 5.74) is 7.58. The lowest BCUT2D eigenvalue weighted by Gasteiger charge is -2.31. The normalized spacial score (nSPS) is 14.4. The van der Waals surface area contributed by atoms with Crippen LogP contribution in [0.3, 0.4) is 0 Å². The predicted octanol–water partition coefficient (Wildman–Crippen LogP) is 3.15. The molecule has 1 aromatic carbocycles. The van der Waals surface area contributed by atoms with Crippen molar-refractivity contribution >= 4 is 19.9 Å². The first-order chi connectivity index (χ1) is 13.1. The standard InChI is InChI=1S/C20H27F3N2O3Si/c1-19(2,3)29(4,5)12-6-7-15(17(24)27)25-18(28)16(26)13-8-10-14(11-9-13)20(21,22)23/h8-11,15-16,26H,7H2,1-5H3,(H2,24,27)(H,25,28)/t15-,16-/m1/s1. The highest BCUT2D eigenvalue weighted by atomic mass is 28.3. The summed E-state index contributed by atoms with van der Waals surface area (Å²) in [4.78, 5) is 23.9. The average Bonchev–Trinajstić information content (AvgIpc) is 2.58. The second-order valence-electron chi connectivity index (χ2n) is 8.37. The number of nitrogens with two attached hydrogens (primary N) is 1. The van der Waals surface area contributed by atoms with Crippen LogP contribution in [0.1, 0.15) is 44.4 Å². The lowest BCUT2D eigenvalue weighted by Crippen LogP contribution is -2.46. The molecular weight excluding hydrogens is 401 g/mol. The molecule has 29 heavy (non-hydrogen) atoms. The number of carbonyl (C=O) groups is 2. The molecule has 9 heteroatoms. The van der Waals surface area contributed by atoms with Crippen molar-refractivity contribution < 1.29 is 27.9 Å². The van der Waals surface area contributed by atoms with Crippen LogP contribution < -0.4 is 11.1 Å². The van der Waals surface area contributed by atoms with Gasteiger partial charge < -0.3 is 16.2 Å². The zero-order chi connectivity index (χ0) is 22.6. The summed E-state index contributed by atoms with van der Waals surface area (Å²) in [6.45, 7) is 10.4. The summed E-state index contributed by atoms with van der Waals surface area (Å²) < 4.78 is 37.8. The Balaban J connectivity index is 2.87. The molecule has 0 unspecified atom stereocenters. The molecule has 0 aliphatic carbocycles. The molecule has 4 N–H and O–H groups in total. The summed E-state index contributed by atoms with van der Waals surface area (Å²) in [5, 5.41) is 12.4. The van der Waals surface area contributed by atoms with E-state index >= 15 is 0 Å². The number of rotatable bonds is 5. The second kappa shape index (κ2) is 9.01. The van der Waals surface area contributed by atoms with Gasteiger partial charge in [0.1, 0.15) is 14.1 Å². The molecule has 0 radical (unpaired) electrons. The monoisotopic (exact) mass is 428 g/mol. The molecular formula is C20H27F3N2O3Si. The van der Waals surface area contributed by atoms with Crippen LogP contribution in [-0.4, -0.2) is 31.0 Å². The van der Waals surface area contributed by atoms with E-state index in [1.165, 1.54) is 0 Å². The highest BCUT2D eigenvalue weighted by Gasteiger charge is 2.34. The molecule has 5 nitrogen and oxygen atoms in total. The van der Waals surface area contributed by atoms with Crippen LogP contribution in [0, 0.1) is 11.5 Å². The van der Waals surface area contributed by atoms with Crippen LogP contribution in [0.15, 0.2) is 24.3 Å². The Kier molecular flexibility index (Phi) is 7.68. The summed E-state index contributed by atoms with van der Waals surface area (Å²) in [6, 6.07) is 2.42. The molecule has 0 spiro atoms. The Bertz CT molecular complexity index is 803. The van der Waals surface area contributed by atoms with E-state index in [-0.39, 0.29) is 17.0 Å². The van der Waals surface area contributed by atoms with Gasteiger partial charge in [0.05, 0.1) is 5.56 Å². The molecule has 0 aliphatic heterocycles. The van der Waals surface area contributed by atoms with E-state index in [0.29, 0.717) is 0 Å². The fraction of sp³-hybridized carbons (Fsp3) is 0.500. The first kappa shape index (κ1) is 24.7. The van der Waals surface area contributed by atoms with Crippen LogP contribution in [0.5, 0.6) is 0 Å². The summed E-state index contributed by atoms with van der Waals surface area (Å²) in [5.74, 6) is 1.15. The number of aliphatic hydroxyl groups is 1. The van der Waals surface area contributed by atoms with Gasteiger partial charge in [-0.15, -0.1) is 11.5 Å². The van der Waals surface area contributed by atoms with Crippen molar-refractivity contribution in [2.45, 2.75) is 63.6 Å². The van der Waals surface area contributed by atoms with Crippen LogP contribution in [0.2, 0.25) is 18.1 Å². The summed E-state index contributed by atoms with van der Waals surface area (Å²) in [7, 11) is -1.91. The van der Waals surface area contributed by atoms with Gasteiger partial charge in [0.15, 0.2) is 6.10 Å². The Morgan fingerprint density at radius 3 is 2.10 bits per heavy atom. The molecule has 0 saturated carbocycles. The number of alkyl halides is 3. The van der Waals surface area contributed by atoms with Crippen LogP contribution in [-0.2, 0) is 15.8 Å². The van der Waals surface area contributed by atoms with Gasteiger partial charge in [0, 0.05) is 6.42 Å². The van der Waals surface area contributed by atoms with E-state index in [1.807, 2.05) is 0 Å². The Morgan fingerprint density at radius 1 is 1.17 bits per heavy atom. The SMILES string of the molecule is CC(C)(C)[Si](C)(C)C#CC[C@@H](NC(=O)[C@H](O)c1ccc(C(F)(F)F)cc1)C(N)=O. The molecule has 160 valence electrons. The third-order valence-corrected chi connectivity index (χ3v) is 9.60. The van der Waals surface area contributed by atoms with Gasteiger partial charge in [-0.05, 0) is 22.7 Å². The van der Waals surface area contributed by atoms with Gasteiger partial charge in [0.2, 0.25) is 5.91 Å². The Hall–Kier alpha value is -2.31. The minimum Gasteiger partial charge on any atom is -0.378 e. The minimum atomic E-state index is -4.52. The van der Waals surface area contributed by atoms with Crippen LogP contribution >= 0.6 is 0 Å². The minimum absolute atomic E-state index is 0.0181. The van der Waals surface area contributed by atoms with E-state index in [4.69, 9.17) is 5.73 Å². The van der Waals surface area contributed by atoms with Gasteiger partial charge in [-0.1, -0.05) is 46.0 Å². The van der Waals surface area contributed by atoms with Crippen molar-refractivity contribution in [1.82, 2.24) is 5.32 Å². The predicted molar refractivity (Wildman–Crippen MR) is 107 cm³/mol. The van der Waals surface area contributed by atoms with Crippen molar-refractivity contribution in [3.63, 3.8) is 0 Å². The van der Waals surface area contributed by atoms with Crippen molar-refractivity contribution in [2.75, 3.05) is 0 Å². The van der Waals surface area contributed by atoms with Gasteiger partial charge in [-0.3, -0.25) is 9.59 Å². The van der Waals surface area contributed by atoms with E-state index in [9.17, 15) is 27.9 Å². The molecule has 0 heterocycles. The third-order valence-electron chi connectivity index (χ3n) is 5.04. The molecule has 0 aromatic heterocycles. The number of carbonyl (C=O) groups excluding carboxylic acids is 2. The Morgan fingerprint density at radius 2 is 1.69 bits per heavy atom. The van der Waals surface area contributed by atoms with Crippen molar-refractivity contribution in [2.24, 2.45) is 5.73 Å². The molecule has 1 aromatic rings. The highest BCUT2D eigenvalue weighted by molar-refractivity contribution is 6.87. The van der Waals surface area contributed by atoms with Crippen molar-refractivity contribution in [1.29, 1.82) is 0 Å². The molecule has 0 aliphatic rings. The summed E-state index contributed by atoms with van der Waals surface area (Å²) >= 11 is 0. The fourth-order valence-electron chi connectivity index (χ4n) is 2.04. The molecule has 0 fully saturated rings. The van der Waals surface area contributed by atoms with Gasteiger partial charge in [-0.2, -0.15) is 13.2 Å². The van der Waals surface area contributed by atoms with Gasteiger partial charge >= 0.3 is 6.18 Å².